The quantitative estimate of drug-likeness (QED) is 0.153. The summed E-state index contributed by atoms with van der Waals surface area (Å²) >= 11 is 9.89. The monoisotopic (exact) mass is 725 g/mol. The molecule has 0 heterocycles. The number of rotatable bonds is 14. The van der Waals surface area contributed by atoms with E-state index in [9.17, 15) is 18.0 Å². The molecule has 0 aromatic heterocycles. The number of hydrogen-bond donors (Lipinski definition) is 1. The standard InChI is InChI=1S/C35H37BrClN3O5S/c1-4-25(2)38-35(42)32(21-26-11-7-5-8-12-26)39(23-27-15-17-28(36)18-16-27)34(41)24-40(29-19-20-33(45-3)31(37)22-29)46(43,44)30-13-9-6-10-14-30/h5-20,22,25,32H,4,21,23-24H2,1-3H3,(H,38,42)/t25-,32-/m0/s1. The van der Waals surface area contributed by atoms with Gasteiger partial charge in [0.2, 0.25) is 11.8 Å². The van der Waals surface area contributed by atoms with Gasteiger partial charge in [0.1, 0.15) is 18.3 Å². The molecule has 0 saturated heterocycles. The highest BCUT2D eigenvalue weighted by Crippen LogP contribution is 2.32. The molecule has 46 heavy (non-hydrogen) atoms. The van der Waals surface area contributed by atoms with Crippen molar-refractivity contribution >= 4 is 55.1 Å². The fourth-order valence-electron chi connectivity index (χ4n) is 4.84. The van der Waals surface area contributed by atoms with Crippen molar-refractivity contribution in [2.45, 2.75) is 50.2 Å². The van der Waals surface area contributed by atoms with Gasteiger partial charge in [-0.05, 0) is 66.9 Å². The molecule has 0 aliphatic carbocycles. The molecule has 0 saturated carbocycles. The zero-order valence-corrected chi connectivity index (χ0v) is 29.1. The molecule has 2 atom stereocenters. The summed E-state index contributed by atoms with van der Waals surface area (Å²) in [7, 11) is -2.79. The molecule has 0 fully saturated rings. The lowest BCUT2D eigenvalue weighted by Gasteiger charge is -2.34. The number of carbonyl (C=O) groups is 2. The van der Waals surface area contributed by atoms with Gasteiger partial charge in [0.05, 0.1) is 22.7 Å². The maximum Gasteiger partial charge on any atom is 0.264 e. The summed E-state index contributed by atoms with van der Waals surface area (Å²) in [5, 5.41) is 3.22. The zero-order valence-electron chi connectivity index (χ0n) is 25.9. The number of anilines is 1. The van der Waals surface area contributed by atoms with E-state index < -0.39 is 28.5 Å². The summed E-state index contributed by atoms with van der Waals surface area (Å²) in [5.74, 6) is -0.529. The number of benzene rings is 4. The van der Waals surface area contributed by atoms with Gasteiger partial charge in [0, 0.05) is 23.5 Å². The number of carbonyl (C=O) groups excluding carboxylic acids is 2. The maximum atomic E-state index is 14.5. The number of ether oxygens (including phenoxy) is 1. The number of hydrogen-bond acceptors (Lipinski definition) is 5. The van der Waals surface area contributed by atoms with Crippen molar-refractivity contribution in [2.75, 3.05) is 18.0 Å². The molecule has 4 aromatic carbocycles. The Labute approximate surface area is 284 Å². The summed E-state index contributed by atoms with van der Waals surface area (Å²) in [6, 6.07) is 28.2. The van der Waals surface area contributed by atoms with Crippen LogP contribution in [0.4, 0.5) is 5.69 Å². The molecular formula is C35H37BrClN3O5S. The second-order valence-corrected chi connectivity index (χ2v) is 14.0. The largest absolute Gasteiger partial charge is 0.495 e. The average molecular weight is 727 g/mol. The summed E-state index contributed by atoms with van der Waals surface area (Å²) in [6.45, 7) is 3.35. The van der Waals surface area contributed by atoms with Gasteiger partial charge in [-0.15, -0.1) is 0 Å². The number of sulfonamides is 1. The minimum atomic E-state index is -4.25. The molecule has 0 aliphatic heterocycles. The van der Waals surface area contributed by atoms with Crippen LogP contribution >= 0.6 is 27.5 Å². The van der Waals surface area contributed by atoms with Gasteiger partial charge in [0.25, 0.3) is 10.0 Å². The molecule has 2 amide bonds. The Balaban J connectivity index is 1.82. The third-order valence-electron chi connectivity index (χ3n) is 7.57. The molecular weight excluding hydrogens is 690 g/mol. The van der Waals surface area contributed by atoms with Gasteiger partial charge >= 0.3 is 0 Å². The van der Waals surface area contributed by atoms with E-state index in [0.29, 0.717) is 12.2 Å². The van der Waals surface area contributed by atoms with Gasteiger partial charge in [-0.3, -0.25) is 13.9 Å². The minimum absolute atomic E-state index is 0.00421. The van der Waals surface area contributed by atoms with E-state index in [1.54, 1.807) is 24.3 Å². The molecule has 4 rings (SSSR count). The number of amides is 2. The van der Waals surface area contributed by atoms with Crippen molar-refractivity contribution < 1.29 is 22.7 Å². The van der Waals surface area contributed by atoms with Crippen LogP contribution in [0.3, 0.4) is 0 Å². The molecule has 0 spiro atoms. The molecule has 1 N–H and O–H groups in total. The van der Waals surface area contributed by atoms with Gasteiger partial charge < -0.3 is 15.0 Å². The van der Waals surface area contributed by atoms with E-state index in [1.807, 2.05) is 68.4 Å². The lowest BCUT2D eigenvalue weighted by Crippen LogP contribution is -2.54. The second-order valence-electron chi connectivity index (χ2n) is 10.8. The summed E-state index contributed by atoms with van der Waals surface area (Å²) in [5.41, 5.74) is 1.81. The molecule has 242 valence electrons. The highest BCUT2D eigenvalue weighted by Gasteiger charge is 2.35. The number of halogens is 2. The minimum Gasteiger partial charge on any atom is -0.495 e. The van der Waals surface area contributed by atoms with Crippen molar-refractivity contribution in [2.24, 2.45) is 0 Å². The average Bonchev–Trinajstić information content (AvgIpc) is 3.06. The van der Waals surface area contributed by atoms with Crippen LogP contribution in [-0.2, 0) is 32.6 Å². The van der Waals surface area contributed by atoms with Crippen molar-refractivity contribution in [3.63, 3.8) is 0 Å². The molecule has 0 aliphatic rings. The zero-order chi connectivity index (χ0) is 33.3. The Hall–Kier alpha value is -3.86. The van der Waals surface area contributed by atoms with Gasteiger partial charge in [-0.1, -0.05) is 95.1 Å². The molecule has 0 radical (unpaired) electrons. The second kappa shape index (κ2) is 16.1. The fourth-order valence-corrected chi connectivity index (χ4v) is 6.78. The van der Waals surface area contributed by atoms with Crippen LogP contribution in [0.2, 0.25) is 5.02 Å². The first-order valence-corrected chi connectivity index (χ1v) is 17.4. The van der Waals surface area contributed by atoms with Gasteiger partial charge in [-0.2, -0.15) is 0 Å². The summed E-state index contributed by atoms with van der Waals surface area (Å²) in [4.78, 5) is 29.9. The first-order valence-electron chi connectivity index (χ1n) is 14.8. The van der Waals surface area contributed by atoms with Crippen LogP contribution in [-0.4, -0.2) is 50.9 Å². The number of nitrogens with zero attached hydrogens (tertiary/aromatic N) is 2. The number of nitrogens with one attached hydrogen (secondary N) is 1. The van der Waals surface area contributed by atoms with E-state index in [2.05, 4.69) is 21.2 Å². The third kappa shape index (κ3) is 8.90. The lowest BCUT2D eigenvalue weighted by atomic mass is 10.0. The van der Waals surface area contributed by atoms with Crippen molar-refractivity contribution in [3.8, 4) is 5.75 Å². The first-order chi connectivity index (χ1) is 22.0. The number of methoxy groups -OCH3 is 1. The Kier molecular flexibility index (Phi) is 12.3. The van der Waals surface area contributed by atoms with E-state index in [1.165, 1.54) is 36.3 Å². The van der Waals surface area contributed by atoms with Crippen LogP contribution in [0.1, 0.15) is 31.4 Å². The predicted molar refractivity (Wildman–Crippen MR) is 185 cm³/mol. The van der Waals surface area contributed by atoms with Crippen molar-refractivity contribution in [1.82, 2.24) is 10.2 Å². The normalized spacial score (nSPS) is 12.5. The van der Waals surface area contributed by atoms with Gasteiger partial charge in [-0.25, -0.2) is 8.42 Å². The first kappa shape index (κ1) is 35.0. The fraction of sp³-hybridized carbons (Fsp3) is 0.257. The van der Waals surface area contributed by atoms with Crippen LogP contribution in [0, 0.1) is 0 Å². The highest BCUT2D eigenvalue weighted by molar-refractivity contribution is 9.10. The molecule has 0 unspecified atom stereocenters. The predicted octanol–water partition coefficient (Wildman–Crippen LogP) is 6.86. The SMILES string of the molecule is CC[C@H](C)NC(=O)[C@H](Cc1ccccc1)N(Cc1ccc(Br)cc1)C(=O)CN(c1ccc(OC)c(Cl)c1)S(=O)(=O)c1ccccc1. The van der Waals surface area contributed by atoms with Crippen molar-refractivity contribution in [1.29, 1.82) is 0 Å². The van der Waals surface area contributed by atoms with Crippen LogP contribution in [0.5, 0.6) is 5.75 Å². The smallest absolute Gasteiger partial charge is 0.264 e. The molecule has 8 nitrogen and oxygen atoms in total. The van der Waals surface area contributed by atoms with E-state index in [-0.39, 0.29) is 40.5 Å². The Morgan fingerprint density at radius 3 is 2.13 bits per heavy atom. The van der Waals surface area contributed by atoms with E-state index in [4.69, 9.17) is 16.3 Å². The molecule has 4 aromatic rings. The summed E-state index contributed by atoms with van der Waals surface area (Å²) in [6.07, 6.45) is 0.928. The lowest BCUT2D eigenvalue weighted by molar-refractivity contribution is -0.140. The van der Waals surface area contributed by atoms with Crippen LogP contribution in [0.15, 0.2) is 112 Å². The molecule has 11 heteroatoms. The third-order valence-corrected chi connectivity index (χ3v) is 10.2. The van der Waals surface area contributed by atoms with E-state index >= 15 is 0 Å². The summed E-state index contributed by atoms with van der Waals surface area (Å²) < 4.78 is 35.4. The topological polar surface area (TPSA) is 96.0 Å². The van der Waals surface area contributed by atoms with Crippen LogP contribution in [0.25, 0.3) is 0 Å². The maximum absolute atomic E-state index is 14.5. The molecule has 0 bridgehead atoms. The Morgan fingerprint density at radius 2 is 1.54 bits per heavy atom. The van der Waals surface area contributed by atoms with E-state index in [0.717, 1.165) is 19.9 Å². The van der Waals surface area contributed by atoms with Crippen LogP contribution < -0.4 is 14.4 Å². The highest BCUT2D eigenvalue weighted by atomic mass is 79.9. The van der Waals surface area contributed by atoms with Crippen molar-refractivity contribution in [3.05, 3.63) is 124 Å². The Bertz CT molecular complexity index is 1720. The van der Waals surface area contributed by atoms with Gasteiger partial charge in [0.15, 0.2) is 0 Å². The Morgan fingerprint density at radius 1 is 0.913 bits per heavy atom.